The monoisotopic (exact) mass is 403 g/mol. The summed E-state index contributed by atoms with van der Waals surface area (Å²) in [5.74, 6) is -0.631. The van der Waals surface area contributed by atoms with Gasteiger partial charge in [-0.2, -0.15) is 5.26 Å². The molecule has 0 aliphatic heterocycles. The van der Waals surface area contributed by atoms with Crippen molar-refractivity contribution in [3.8, 4) is 11.8 Å². The Kier molecular flexibility index (Phi) is 6.83. The van der Waals surface area contributed by atoms with E-state index in [1.54, 1.807) is 6.07 Å². The van der Waals surface area contributed by atoms with Gasteiger partial charge < -0.3 is 10.5 Å². The van der Waals surface area contributed by atoms with E-state index >= 15 is 0 Å². The highest BCUT2D eigenvalue weighted by Crippen LogP contribution is 2.35. The Hall–Kier alpha value is -3.01. The molecule has 0 fully saturated rings. The lowest BCUT2D eigenvalue weighted by Crippen LogP contribution is -2.35. The number of nitrogens with one attached hydrogen (secondary N) is 1. The standard InChI is InChI=1S/C19H15Cl2N3O3/c1-11-2-4-12(5-3-11)10-27-17-15(20)7-13(8-16(17)21)6-14(9-22)18(25)24-19(23)26/h2-8H,10H2,1H3,(H3,23,24,25,26)/b14-6-. The summed E-state index contributed by atoms with van der Waals surface area (Å²) < 4.78 is 5.69. The molecule has 3 amide bonds. The number of urea groups is 1. The molecule has 0 bridgehead atoms. The molecule has 2 aromatic carbocycles. The fourth-order valence-electron chi connectivity index (χ4n) is 2.14. The first-order valence-corrected chi connectivity index (χ1v) is 8.45. The molecular formula is C19H15Cl2N3O3. The van der Waals surface area contributed by atoms with Gasteiger partial charge in [0.05, 0.1) is 10.0 Å². The van der Waals surface area contributed by atoms with Gasteiger partial charge in [-0.15, -0.1) is 0 Å². The zero-order valence-electron chi connectivity index (χ0n) is 14.3. The Labute approximate surface area is 166 Å². The normalized spacial score (nSPS) is 10.8. The summed E-state index contributed by atoms with van der Waals surface area (Å²) in [6.07, 6.45) is 1.24. The number of nitrogens with zero attached hydrogens (tertiary/aromatic N) is 1. The van der Waals surface area contributed by atoms with E-state index in [4.69, 9.17) is 38.9 Å². The number of halogens is 2. The number of benzene rings is 2. The Balaban J connectivity index is 2.21. The van der Waals surface area contributed by atoms with Crippen LogP contribution in [0.2, 0.25) is 10.0 Å². The SMILES string of the molecule is Cc1ccc(COc2c(Cl)cc(/C=C(/C#N)C(=O)NC(N)=O)cc2Cl)cc1. The number of imide groups is 1. The number of nitriles is 1. The molecular weight excluding hydrogens is 389 g/mol. The minimum atomic E-state index is -1.06. The summed E-state index contributed by atoms with van der Waals surface area (Å²) in [6.45, 7) is 2.27. The van der Waals surface area contributed by atoms with Gasteiger partial charge in [-0.3, -0.25) is 10.1 Å². The molecule has 8 heteroatoms. The molecule has 0 heterocycles. The molecule has 0 saturated heterocycles. The van der Waals surface area contributed by atoms with E-state index in [-0.39, 0.29) is 28.0 Å². The Morgan fingerprint density at radius 1 is 1.22 bits per heavy atom. The predicted octanol–water partition coefficient (Wildman–Crippen LogP) is 3.98. The second-order valence-electron chi connectivity index (χ2n) is 5.58. The van der Waals surface area contributed by atoms with Crippen LogP contribution in [0.5, 0.6) is 5.75 Å². The molecule has 138 valence electrons. The van der Waals surface area contributed by atoms with Crippen molar-refractivity contribution >= 4 is 41.2 Å². The fraction of sp³-hybridized carbons (Fsp3) is 0.105. The van der Waals surface area contributed by atoms with Gasteiger partial charge in [0.15, 0.2) is 5.75 Å². The minimum Gasteiger partial charge on any atom is -0.486 e. The van der Waals surface area contributed by atoms with Crippen LogP contribution in [0.4, 0.5) is 4.79 Å². The lowest BCUT2D eigenvalue weighted by molar-refractivity contribution is -0.115. The molecule has 2 rings (SSSR count). The summed E-state index contributed by atoms with van der Waals surface area (Å²) in [5.41, 5.74) is 7.03. The predicted molar refractivity (Wildman–Crippen MR) is 103 cm³/mol. The Bertz CT molecular complexity index is 925. The number of hydrogen-bond donors (Lipinski definition) is 2. The molecule has 0 unspecified atom stereocenters. The summed E-state index contributed by atoms with van der Waals surface area (Å²) >= 11 is 12.4. The van der Waals surface area contributed by atoms with E-state index in [2.05, 4.69) is 0 Å². The third-order valence-corrected chi connectivity index (χ3v) is 4.00. The van der Waals surface area contributed by atoms with E-state index < -0.39 is 11.9 Å². The molecule has 3 N–H and O–H groups in total. The summed E-state index contributed by atoms with van der Waals surface area (Å²) in [7, 11) is 0. The number of aryl methyl sites for hydroxylation is 1. The molecule has 0 aromatic heterocycles. The van der Waals surface area contributed by atoms with Crippen LogP contribution in [0, 0.1) is 18.3 Å². The van der Waals surface area contributed by atoms with Crippen molar-refractivity contribution < 1.29 is 14.3 Å². The third kappa shape index (κ3) is 5.74. The van der Waals surface area contributed by atoms with Gasteiger partial charge in [0.25, 0.3) is 5.91 Å². The zero-order valence-corrected chi connectivity index (χ0v) is 15.8. The fourth-order valence-corrected chi connectivity index (χ4v) is 2.75. The number of primary amides is 1. The highest BCUT2D eigenvalue weighted by molar-refractivity contribution is 6.37. The van der Waals surface area contributed by atoms with Gasteiger partial charge in [0, 0.05) is 0 Å². The van der Waals surface area contributed by atoms with E-state index in [9.17, 15) is 9.59 Å². The second-order valence-corrected chi connectivity index (χ2v) is 6.39. The summed E-state index contributed by atoms with van der Waals surface area (Å²) in [4.78, 5) is 22.5. The highest BCUT2D eigenvalue weighted by Gasteiger charge is 2.14. The highest BCUT2D eigenvalue weighted by atomic mass is 35.5. The van der Waals surface area contributed by atoms with Crippen molar-refractivity contribution in [2.75, 3.05) is 0 Å². The first-order valence-electron chi connectivity index (χ1n) is 7.70. The first-order chi connectivity index (χ1) is 12.8. The maximum absolute atomic E-state index is 11.7. The van der Waals surface area contributed by atoms with E-state index in [1.807, 2.05) is 36.5 Å². The number of carbonyl (C=O) groups excluding carboxylic acids is 2. The average Bonchev–Trinajstić information content (AvgIpc) is 2.59. The van der Waals surface area contributed by atoms with E-state index in [0.717, 1.165) is 11.1 Å². The minimum absolute atomic E-state index is 0.216. The molecule has 2 aromatic rings. The number of carbonyl (C=O) groups is 2. The summed E-state index contributed by atoms with van der Waals surface area (Å²) in [5, 5.41) is 11.3. The Morgan fingerprint density at radius 2 is 1.81 bits per heavy atom. The van der Waals surface area contributed by atoms with Gasteiger partial charge in [-0.1, -0.05) is 53.0 Å². The largest absolute Gasteiger partial charge is 0.486 e. The van der Waals surface area contributed by atoms with E-state index in [0.29, 0.717) is 5.56 Å². The van der Waals surface area contributed by atoms with Crippen LogP contribution in [0.1, 0.15) is 16.7 Å². The van der Waals surface area contributed by atoms with Crippen LogP contribution >= 0.6 is 23.2 Å². The molecule has 0 atom stereocenters. The van der Waals surface area contributed by atoms with Crippen LogP contribution < -0.4 is 15.8 Å². The quantitative estimate of drug-likeness (QED) is 0.581. The number of rotatable bonds is 5. The van der Waals surface area contributed by atoms with Gasteiger partial charge in [0.2, 0.25) is 0 Å². The lowest BCUT2D eigenvalue weighted by atomic mass is 10.1. The van der Waals surface area contributed by atoms with Gasteiger partial charge in [-0.05, 0) is 36.3 Å². The molecule has 0 aliphatic rings. The second kappa shape index (κ2) is 9.08. The van der Waals surface area contributed by atoms with Crippen molar-refractivity contribution in [1.82, 2.24) is 5.32 Å². The maximum Gasteiger partial charge on any atom is 0.319 e. The summed E-state index contributed by atoms with van der Waals surface area (Å²) in [6, 6.07) is 11.4. The lowest BCUT2D eigenvalue weighted by Gasteiger charge is -2.11. The Morgan fingerprint density at radius 3 is 2.33 bits per heavy atom. The van der Waals surface area contributed by atoms with Crippen LogP contribution in [-0.2, 0) is 11.4 Å². The van der Waals surface area contributed by atoms with Crippen LogP contribution in [0.25, 0.3) is 6.08 Å². The van der Waals surface area contributed by atoms with Crippen molar-refractivity contribution in [3.05, 3.63) is 68.7 Å². The molecule has 6 nitrogen and oxygen atoms in total. The number of amides is 3. The smallest absolute Gasteiger partial charge is 0.319 e. The van der Waals surface area contributed by atoms with Crippen molar-refractivity contribution in [3.63, 3.8) is 0 Å². The third-order valence-electron chi connectivity index (χ3n) is 3.44. The number of nitrogens with two attached hydrogens (primary N) is 1. The van der Waals surface area contributed by atoms with Gasteiger partial charge in [-0.25, -0.2) is 4.79 Å². The van der Waals surface area contributed by atoms with Crippen molar-refractivity contribution in [2.24, 2.45) is 5.73 Å². The maximum atomic E-state index is 11.7. The van der Waals surface area contributed by atoms with Crippen molar-refractivity contribution in [1.29, 1.82) is 5.26 Å². The number of ether oxygens (including phenoxy) is 1. The van der Waals surface area contributed by atoms with Crippen LogP contribution in [-0.4, -0.2) is 11.9 Å². The molecule has 0 aliphatic carbocycles. The molecule has 0 spiro atoms. The number of hydrogen-bond acceptors (Lipinski definition) is 4. The van der Waals surface area contributed by atoms with Crippen LogP contribution in [0.3, 0.4) is 0 Å². The average molecular weight is 404 g/mol. The molecule has 0 saturated carbocycles. The van der Waals surface area contributed by atoms with E-state index in [1.165, 1.54) is 18.2 Å². The first kappa shape index (κ1) is 20.3. The molecule has 27 heavy (non-hydrogen) atoms. The molecule has 0 radical (unpaired) electrons. The topological polar surface area (TPSA) is 105 Å². The zero-order chi connectivity index (χ0) is 20.0. The van der Waals surface area contributed by atoms with Crippen LogP contribution in [0.15, 0.2) is 42.0 Å². The van der Waals surface area contributed by atoms with Crippen molar-refractivity contribution in [2.45, 2.75) is 13.5 Å². The van der Waals surface area contributed by atoms with Gasteiger partial charge >= 0.3 is 6.03 Å². The van der Waals surface area contributed by atoms with Gasteiger partial charge in [0.1, 0.15) is 18.2 Å².